The Hall–Kier alpha value is -1.66. The largest absolute Gasteiger partial charge is 0.277 e. The van der Waals surface area contributed by atoms with Gasteiger partial charge >= 0.3 is 0 Å². The monoisotopic (exact) mass is 266 g/mol. The molecule has 2 heterocycles. The Morgan fingerprint density at radius 1 is 1.18 bits per heavy atom. The van der Waals surface area contributed by atoms with E-state index in [1.807, 2.05) is 24.3 Å². The molecule has 3 rings (SSSR count). The van der Waals surface area contributed by atoms with Crippen LogP contribution in [0.25, 0.3) is 10.1 Å². The fraction of sp³-hybridized carbons (Fsp3) is 0.0909. The molecular formula is C11H10N2O2S2. The fourth-order valence-corrected chi connectivity index (χ4v) is 2.49. The van der Waals surface area contributed by atoms with E-state index in [1.54, 1.807) is 22.5 Å². The minimum Gasteiger partial charge on any atom is -0.277 e. The first-order valence-electron chi connectivity index (χ1n) is 4.85. The molecule has 0 aliphatic heterocycles. The third kappa shape index (κ3) is 2.72. The first kappa shape index (κ1) is 11.8. The van der Waals surface area contributed by atoms with Crippen molar-refractivity contribution >= 4 is 33.2 Å². The van der Waals surface area contributed by atoms with Crippen LogP contribution in [0.3, 0.4) is 0 Å². The Bertz CT molecular complexity index is 720. The van der Waals surface area contributed by atoms with Gasteiger partial charge in [-0.1, -0.05) is 35.2 Å². The van der Waals surface area contributed by atoms with Crippen LogP contribution in [0.1, 0.15) is 0 Å². The maximum atomic E-state index is 10.9. The maximum absolute atomic E-state index is 10.9. The Balaban J connectivity index is 0.000000136. The van der Waals surface area contributed by atoms with Crippen LogP contribution in [-0.4, -0.2) is 8.33 Å². The van der Waals surface area contributed by atoms with E-state index >= 15 is 0 Å². The standard InChI is InChI=1S/C7H5NOS.C4H5NOS/c9-7-5-3-1-2-4-6(5)10-8-7;1-5-4(6)2-3-7-5/h1-4H,(H,8,9);2-3H,1H3. The summed E-state index contributed by atoms with van der Waals surface area (Å²) in [6.45, 7) is 0. The van der Waals surface area contributed by atoms with Crippen LogP contribution < -0.4 is 11.1 Å². The molecule has 6 heteroatoms. The predicted octanol–water partition coefficient (Wildman–Crippen LogP) is 2.04. The van der Waals surface area contributed by atoms with E-state index in [9.17, 15) is 9.59 Å². The molecule has 0 unspecified atom stereocenters. The van der Waals surface area contributed by atoms with Gasteiger partial charge in [-0.05, 0) is 12.1 Å². The van der Waals surface area contributed by atoms with Crippen molar-refractivity contribution in [2.75, 3.05) is 0 Å². The third-order valence-electron chi connectivity index (χ3n) is 2.13. The highest BCUT2D eigenvalue weighted by Crippen LogP contribution is 2.11. The molecule has 0 aliphatic rings. The highest BCUT2D eigenvalue weighted by atomic mass is 32.1. The number of nitrogens with zero attached hydrogens (tertiary/aromatic N) is 1. The normalized spacial score (nSPS) is 9.94. The van der Waals surface area contributed by atoms with Crippen LogP contribution in [0.4, 0.5) is 0 Å². The molecule has 0 spiro atoms. The molecule has 0 amide bonds. The summed E-state index contributed by atoms with van der Waals surface area (Å²) in [7, 11) is 1.74. The average Bonchev–Trinajstić information content (AvgIpc) is 2.89. The van der Waals surface area contributed by atoms with Crippen LogP contribution in [0.5, 0.6) is 0 Å². The lowest BCUT2D eigenvalue weighted by molar-refractivity contribution is 0.981. The number of fused-ring (bicyclic) bond motifs is 1. The number of aromatic amines is 1. The van der Waals surface area contributed by atoms with Crippen molar-refractivity contribution in [3.8, 4) is 0 Å². The topological polar surface area (TPSA) is 54.9 Å². The van der Waals surface area contributed by atoms with E-state index in [0.717, 1.165) is 10.1 Å². The first-order chi connectivity index (χ1) is 8.18. The molecule has 88 valence electrons. The number of hydrogen-bond acceptors (Lipinski definition) is 4. The summed E-state index contributed by atoms with van der Waals surface area (Å²) >= 11 is 2.78. The van der Waals surface area contributed by atoms with Gasteiger partial charge in [0.1, 0.15) is 0 Å². The van der Waals surface area contributed by atoms with Crippen molar-refractivity contribution in [3.05, 3.63) is 56.4 Å². The summed E-state index contributed by atoms with van der Waals surface area (Å²) in [6.07, 6.45) is 0. The number of H-pyrrole nitrogens is 1. The summed E-state index contributed by atoms with van der Waals surface area (Å²) < 4.78 is 5.25. The quantitative estimate of drug-likeness (QED) is 0.677. The van der Waals surface area contributed by atoms with Crippen LogP contribution in [-0.2, 0) is 7.05 Å². The van der Waals surface area contributed by atoms with E-state index in [4.69, 9.17) is 0 Å². The SMILES string of the molecule is Cn1sccc1=O.O=c1[nH]sc2ccccc12. The van der Waals surface area contributed by atoms with Gasteiger partial charge in [0.15, 0.2) is 0 Å². The van der Waals surface area contributed by atoms with Crippen molar-refractivity contribution in [2.45, 2.75) is 0 Å². The lowest BCUT2D eigenvalue weighted by atomic mass is 10.3. The van der Waals surface area contributed by atoms with Crippen LogP contribution in [0.2, 0.25) is 0 Å². The van der Waals surface area contributed by atoms with E-state index in [0.29, 0.717) is 0 Å². The van der Waals surface area contributed by atoms with Crippen LogP contribution >= 0.6 is 23.1 Å². The van der Waals surface area contributed by atoms with Crippen molar-refractivity contribution in [2.24, 2.45) is 7.05 Å². The molecule has 17 heavy (non-hydrogen) atoms. The smallest absolute Gasteiger partial charge is 0.265 e. The summed E-state index contributed by atoms with van der Waals surface area (Å²) in [5.41, 5.74) is 0.0885. The molecule has 0 bridgehead atoms. The van der Waals surface area contributed by atoms with E-state index < -0.39 is 0 Å². The Morgan fingerprint density at radius 2 is 1.94 bits per heavy atom. The van der Waals surface area contributed by atoms with E-state index in [2.05, 4.69) is 4.37 Å². The number of aryl methyl sites for hydroxylation is 1. The molecule has 0 aliphatic carbocycles. The summed E-state index contributed by atoms with van der Waals surface area (Å²) in [6, 6.07) is 9.09. The zero-order valence-corrected chi connectivity index (χ0v) is 10.7. The van der Waals surface area contributed by atoms with Crippen molar-refractivity contribution in [1.82, 2.24) is 8.33 Å². The first-order valence-corrected chi connectivity index (χ1v) is 6.51. The van der Waals surface area contributed by atoms with Gasteiger partial charge in [0, 0.05) is 18.5 Å². The van der Waals surface area contributed by atoms with Crippen molar-refractivity contribution in [1.29, 1.82) is 0 Å². The average molecular weight is 266 g/mol. The van der Waals surface area contributed by atoms with Gasteiger partial charge < -0.3 is 0 Å². The molecule has 0 radical (unpaired) electrons. The zero-order chi connectivity index (χ0) is 12.3. The minimum absolute atomic E-state index is 0.0144. The number of aromatic nitrogens is 2. The number of benzene rings is 1. The molecule has 0 saturated carbocycles. The molecule has 0 atom stereocenters. The second-order valence-electron chi connectivity index (χ2n) is 3.27. The molecule has 0 saturated heterocycles. The van der Waals surface area contributed by atoms with Crippen LogP contribution in [0.15, 0.2) is 45.3 Å². The second-order valence-corrected chi connectivity index (χ2v) is 5.15. The number of hydrogen-bond donors (Lipinski definition) is 1. The van der Waals surface area contributed by atoms with E-state index in [-0.39, 0.29) is 11.1 Å². The summed E-state index contributed by atoms with van der Waals surface area (Å²) in [5, 5.41) is 2.55. The zero-order valence-electron chi connectivity index (χ0n) is 9.04. The molecule has 2 aromatic heterocycles. The van der Waals surface area contributed by atoms with Gasteiger partial charge in [-0.3, -0.25) is 17.9 Å². The summed E-state index contributed by atoms with van der Waals surface area (Å²) in [5.74, 6) is 0. The van der Waals surface area contributed by atoms with E-state index in [1.165, 1.54) is 23.1 Å². The second kappa shape index (κ2) is 5.11. The van der Waals surface area contributed by atoms with Crippen molar-refractivity contribution < 1.29 is 0 Å². The molecule has 4 nitrogen and oxygen atoms in total. The maximum Gasteiger partial charge on any atom is 0.265 e. The molecule has 3 aromatic rings. The highest BCUT2D eigenvalue weighted by Gasteiger charge is 1.96. The summed E-state index contributed by atoms with van der Waals surface area (Å²) in [4.78, 5) is 21.3. The van der Waals surface area contributed by atoms with Gasteiger partial charge in [-0.2, -0.15) is 0 Å². The van der Waals surface area contributed by atoms with Gasteiger partial charge in [0.2, 0.25) is 0 Å². The third-order valence-corrected chi connectivity index (χ3v) is 3.74. The fourth-order valence-electron chi connectivity index (χ4n) is 1.24. The number of rotatable bonds is 0. The number of nitrogens with one attached hydrogen (secondary N) is 1. The molecular weight excluding hydrogens is 256 g/mol. The molecule has 1 N–H and O–H groups in total. The van der Waals surface area contributed by atoms with Gasteiger partial charge in [0.25, 0.3) is 11.1 Å². The van der Waals surface area contributed by atoms with Crippen LogP contribution in [0, 0.1) is 0 Å². The van der Waals surface area contributed by atoms with Crippen molar-refractivity contribution in [3.63, 3.8) is 0 Å². The van der Waals surface area contributed by atoms with Gasteiger partial charge in [-0.25, -0.2) is 0 Å². The molecule has 1 aromatic carbocycles. The lowest BCUT2D eigenvalue weighted by Gasteiger charge is -1.79. The minimum atomic E-state index is 0.0144. The Morgan fingerprint density at radius 3 is 2.47 bits per heavy atom. The Labute approximate surface area is 105 Å². The molecule has 0 fully saturated rings. The lowest BCUT2D eigenvalue weighted by Crippen LogP contribution is -2.05. The van der Waals surface area contributed by atoms with Gasteiger partial charge in [0.05, 0.1) is 10.1 Å². The predicted molar refractivity (Wildman–Crippen MR) is 72.0 cm³/mol. The highest BCUT2D eigenvalue weighted by molar-refractivity contribution is 7.13. The van der Waals surface area contributed by atoms with Gasteiger partial charge in [-0.15, -0.1) is 0 Å². The Kier molecular flexibility index (Phi) is 3.55.